The number of likely N-dealkylation sites (tertiary alicyclic amines) is 1. The van der Waals surface area contributed by atoms with E-state index in [1.807, 2.05) is 0 Å². The molecule has 2 unspecified atom stereocenters. The number of carboxylic acid groups (broad SMARTS) is 1. The molecule has 0 aromatic carbocycles. The highest BCUT2D eigenvalue weighted by atomic mass is 16.4. The van der Waals surface area contributed by atoms with Gasteiger partial charge in [0.05, 0.1) is 5.41 Å². The van der Waals surface area contributed by atoms with E-state index in [0.717, 1.165) is 6.42 Å². The molecule has 0 aromatic heterocycles. The molecule has 0 radical (unpaired) electrons. The average molecular weight is 296 g/mol. The van der Waals surface area contributed by atoms with Crippen LogP contribution < -0.4 is 5.32 Å². The van der Waals surface area contributed by atoms with E-state index in [2.05, 4.69) is 12.2 Å². The Morgan fingerprint density at radius 2 is 1.76 bits per heavy atom. The first-order chi connectivity index (χ1) is 9.92. The van der Waals surface area contributed by atoms with Crippen LogP contribution in [-0.2, 0) is 4.79 Å². The van der Waals surface area contributed by atoms with Crippen molar-refractivity contribution < 1.29 is 14.7 Å². The largest absolute Gasteiger partial charge is 0.481 e. The molecule has 2 atom stereocenters. The van der Waals surface area contributed by atoms with Crippen molar-refractivity contribution >= 4 is 12.0 Å². The van der Waals surface area contributed by atoms with Gasteiger partial charge >= 0.3 is 12.0 Å². The first-order valence-electron chi connectivity index (χ1n) is 8.21. The zero-order valence-corrected chi connectivity index (χ0v) is 13.2. The molecule has 1 heterocycles. The molecule has 120 valence electrons. The fourth-order valence-electron chi connectivity index (χ4n) is 3.37. The van der Waals surface area contributed by atoms with Gasteiger partial charge in [-0.1, -0.05) is 26.2 Å². The van der Waals surface area contributed by atoms with Gasteiger partial charge in [0.15, 0.2) is 0 Å². The topological polar surface area (TPSA) is 69.6 Å². The predicted octanol–water partition coefficient (Wildman–Crippen LogP) is 2.85. The van der Waals surface area contributed by atoms with E-state index in [1.165, 1.54) is 25.7 Å². The van der Waals surface area contributed by atoms with E-state index in [4.69, 9.17) is 0 Å². The summed E-state index contributed by atoms with van der Waals surface area (Å²) in [5.41, 5.74) is -0.674. The Labute approximate surface area is 127 Å². The van der Waals surface area contributed by atoms with E-state index in [0.29, 0.717) is 31.8 Å². The average Bonchev–Trinajstić information content (AvgIpc) is 2.65. The van der Waals surface area contributed by atoms with E-state index in [1.54, 1.807) is 11.8 Å². The number of nitrogens with one attached hydrogen (secondary N) is 1. The molecule has 2 fully saturated rings. The molecule has 1 saturated carbocycles. The summed E-state index contributed by atoms with van der Waals surface area (Å²) in [6.07, 6.45) is 7.03. The van der Waals surface area contributed by atoms with Crippen molar-refractivity contribution in [2.45, 2.75) is 64.8 Å². The maximum atomic E-state index is 12.4. The lowest BCUT2D eigenvalue weighted by molar-refractivity contribution is -0.150. The highest BCUT2D eigenvalue weighted by Crippen LogP contribution is 2.31. The third-order valence-electron chi connectivity index (χ3n) is 5.34. The number of hydrogen-bond donors (Lipinski definition) is 2. The fraction of sp³-hybridized carbons (Fsp3) is 0.875. The third kappa shape index (κ3) is 3.89. The highest BCUT2D eigenvalue weighted by molar-refractivity contribution is 5.77. The minimum atomic E-state index is -0.750. The lowest BCUT2D eigenvalue weighted by atomic mass is 9.80. The summed E-state index contributed by atoms with van der Waals surface area (Å²) in [4.78, 5) is 25.4. The van der Waals surface area contributed by atoms with Crippen LogP contribution in [0.1, 0.15) is 58.8 Å². The number of hydrogen-bond acceptors (Lipinski definition) is 2. The summed E-state index contributed by atoms with van der Waals surface area (Å²) >= 11 is 0. The van der Waals surface area contributed by atoms with Gasteiger partial charge in [0.25, 0.3) is 0 Å². The van der Waals surface area contributed by atoms with Crippen LogP contribution in [0, 0.1) is 11.3 Å². The maximum absolute atomic E-state index is 12.4. The maximum Gasteiger partial charge on any atom is 0.317 e. The van der Waals surface area contributed by atoms with Crippen molar-refractivity contribution in [3.05, 3.63) is 0 Å². The molecule has 2 N–H and O–H groups in total. The number of nitrogens with zero attached hydrogens (tertiary/aromatic N) is 1. The minimum Gasteiger partial charge on any atom is -0.481 e. The Hall–Kier alpha value is -1.26. The zero-order chi connectivity index (χ0) is 15.5. The Kier molecular flexibility index (Phi) is 5.12. The quantitative estimate of drug-likeness (QED) is 0.770. The second kappa shape index (κ2) is 6.67. The highest BCUT2D eigenvalue weighted by Gasteiger charge is 2.38. The molecule has 1 aliphatic heterocycles. The van der Waals surface area contributed by atoms with E-state index < -0.39 is 11.4 Å². The van der Waals surface area contributed by atoms with Gasteiger partial charge < -0.3 is 15.3 Å². The van der Waals surface area contributed by atoms with Crippen LogP contribution in [0.3, 0.4) is 0 Å². The van der Waals surface area contributed by atoms with Gasteiger partial charge in [0.2, 0.25) is 0 Å². The lowest BCUT2D eigenvalue weighted by Gasteiger charge is -2.37. The van der Waals surface area contributed by atoms with Gasteiger partial charge in [-0.25, -0.2) is 4.79 Å². The number of carbonyl (C=O) groups excluding carboxylic acids is 1. The standard InChI is InChI=1S/C16H28N2O3/c1-12-6-4-3-5-7-13(12)17-15(21)18-10-8-16(2,9-11-18)14(19)20/h12-13H,3-11H2,1-2H3,(H,17,21)(H,19,20). The molecule has 0 spiro atoms. The Bertz CT molecular complexity index is 389. The molecular weight excluding hydrogens is 268 g/mol. The number of carboxylic acids is 1. The van der Waals surface area contributed by atoms with Gasteiger partial charge in [-0.3, -0.25) is 4.79 Å². The molecule has 2 aliphatic rings. The first kappa shape index (κ1) is 16.1. The van der Waals surface area contributed by atoms with E-state index >= 15 is 0 Å². The number of urea groups is 1. The minimum absolute atomic E-state index is 0.0128. The molecule has 2 amide bonds. The molecular formula is C16H28N2O3. The molecule has 0 aromatic rings. The van der Waals surface area contributed by atoms with Crippen molar-refractivity contribution in [1.29, 1.82) is 0 Å². The van der Waals surface area contributed by atoms with Crippen molar-refractivity contribution in [2.75, 3.05) is 13.1 Å². The van der Waals surface area contributed by atoms with Crippen LogP contribution in [-0.4, -0.2) is 41.1 Å². The molecule has 5 nitrogen and oxygen atoms in total. The third-order valence-corrected chi connectivity index (χ3v) is 5.34. The first-order valence-corrected chi connectivity index (χ1v) is 8.21. The summed E-state index contributed by atoms with van der Waals surface area (Å²) in [5, 5.41) is 12.4. The SMILES string of the molecule is CC1CCCCCC1NC(=O)N1CCC(C)(C(=O)O)CC1. The second-order valence-corrected chi connectivity index (χ2v) is 7.02. The fourth-order valence-corrected chi connectivity index (χ4v) is 3.37. The normalized spacial score (nSPS) is 29.5. The zero-order valence-electron chi connectivity index (χ0n) is 13.2. The van der Waals surface area contributed by atoms with Crippen LogP contribution in [0.4, 0.5) is 4.79 Å². The van der Waals surface area contributed by atoms with E-state index in [9.17, 15) is 14.7 Å². The Morgan fingerprint density at radius 1 is 1.14 bits per heavy atom. The van der Waals surface area contributed by atoms with Crippen LogP contribution in [0.15, 0.2) is 0 Å². The monoisotopic (exact) mass is 296 g/mol. The molecule has 21 heavy (non-hydrogen) atoms. The number of piperidine rings is 1. The molecule has 1 aliphatic carbocycles. The smallest absolute Gasteiger partial charge is 0.317 e. The Balaban J connectivity index is 1.85. The van der Waals surface area contributed by atoms with Crippen molar-refractivity contribution in [3.63, 3.8) is 0 Å². The van der Waals surface area contributed by atoms with Crippen LogP contribution >= 0.6 is 0 Å². The predicted molar refractivity (Wildman–Crippen MR) is 81.1 cm³/mol. The number of aliphatic carboxylic acids is 1. The summed E-state index contributed by atoms with van der Waals surface area (Å²) in [5.74, 6) is -0.217. The van der Waals surface area contributed by atoms with E-state index in [-0.39, 0.29) is 12.1 Å². The summed E-state index contributed by atoms with van der Waals surface area (Å²) in [6.45, 7) is 5.07. The van der Waals surface area contributed by atoms with Crippen LogP contribution in [0.5, 0.6) is 0 Å². The van der Waals surface area contributed by atoms with Crippen molar-refractivity contribution in [3.8, 4) is 0 Å². The Morgan fingerprint density at radius 3 is 2.38 bits per heavy atom. The number of rotatable bonds is 2. The van der Waals surface area contributed by atoms with Crippen LogP contribution in [0.25, 0.3) is 0 Å². The lowest BCUT2D eigenvalue weighted by Crippen LogP contribution is -2.51. The van der Waals surface area contributed by atoms with Gasteiger partial charge in [0, 0.05) is 19.1 Å². The molecule has 1 saturated heterocycles. The summed E-state index contributed by atoms with van der Waals surface area (Å²) < 4.78 is 0. The molecule has 2 rings (SSSR count). The summed E-state index contributed by atoms with van der Waals surface area (Å²) in [6, 6.07) is 0.258. The van der Waals surface area contributed by atoms with Gasteiger partial charge in [0.1, 0.15) is 0 Å². The van der Waals surface area contributed by atoms with Gasteiger partial charge in [-0.2, -0.15) is 0 Å². The van der Waals surface area contributed by atoms with Crippen molar-refractivity contribution in [1.82, 2.24) is 10.2 Å². The number of amides is 2. The van der Waals surface area contributed by atoms with Crippen molar-refractivity contribution in [2.24, 2.45) is 11.3 Å². The molecule has 0 bridgehead atoms. The summed E-state index contributed by atoms with van der Waals surface area (Å²) in [7, 11) is 0. The number of carbonyl (C=O) groups is 2. The van der Waals surface area contributed by atoms with Crippen LogP contribution in [0.2, 0.25) is 0 Å². The van der Waals surface area contributed by atoms with Gasteiger partial charge in [-0.15, -0.1) is 0 Å². The second-order valence-electron chi connectivity index (χ2n) is 7.02. The molecule has 5 heteroatoms. The van der Waals surface area contributed by atoms with Gasteiger partial charge in [-0.05, 0) is 38.5 Å².